The number of nitrogens with zero attached hydrogens (tertiary/aromatic N) is 1. The lowest BCUT2D eigenvalue weighted by molar-refractivity contribution is -0.384. The van der Waals surface area contributed by atoms with E-state index in [0.29, 0.717) is 30.3 Å². The van der Waals surface area contributed by atoms with Gasteiger partial charge in [-0.25, -0.2) is 4.79 Å². The summed E-state index contributed by atoms with van der Waals surface area (Å²) in [6.45, 7) is 0. The highest BCUT2D eigenvalue weighted by molar-refractivity contribution is 9.11. The number of nitro groups is 1. The van der Waals surface area contributed by atoms with Crippen LogP contribution in [-0.4, -0.2) is 25.1 Å². The number of non-ortho nitro benzene ring substituents is 1. The Morgan fingerprint density at radius 2 is 1.79 bits per heavy atom. The van der Waals surface area contributed by atoms with Crippen molar-refractivity contribution in [2.75, 3.05) is 14.2 Å². The molecule has 0 aliphatic heterocycles. The Balaban J connectivity index is 2.86. The molecular formula is C15H10Br3NO5. The van der Waals surface area contributed by atoms with Gasteiger partial charge in [0.2, 0.25) is 0 Å². The van der Waals surface area contributed by atoms with Crippen molar-refractivity contribution in [3.8, 4) is 16.9 Å². The van der Waals surface area contributed by atoms with Crippen LogP contribution in [0.25, 0.3) is 11.1 Å². The van der Waals surface area contributed by atoms with Crippen LogP contribution in [-0.2, 0) is 4.74 Å². The largest absolute Gasteiger partial charge is 0.494 e. The van der Waals surface area contributed by atoms with Gasteiger partial charge in [0, 0.05) is 27.7 Å². The van der Waals surface area contributed by atoms with Crippen molar-refractivity contribution in [2.24, 2.45) is 0 Å². The lowest BCUT2D eigenvalue weighted by Crippen LogP contribution is -2.05. The van der Waals surface area contributed by atoms with Gasteiger partial charge in [0.1, 0.15) is 5.75 Å². The summed E-state index contributed by atoms with van der Waals surface area (Å²) >= 11 is 10.2. The third kappa shape index (κ3) is 3.47. The van der Waals surface area contributed by atoms with Gasteiger partial charge in [-0.15, -0.1) is 0 Å². The molecule has 126 valence electrons. The maximum Gasteiger partial charge on any atom is 0.338 e. The summed E-state index contributed by atoms with van der Waals surface area (Å²) < 4.78 is 11.9. The first kappa shape index (κ1) is 18.9. The fourth-order valence-electron chi connectivity index (χ4n) is 2.15. The molecule has 0 amide bonds. The minimum atomic E-state index is -0.597. The summed E-state index contributed by atoms with van der Waals surface area (Å²) in [7, 11) is 2.75. The van der Waals surface area contributed by atoms with Gasteiger partial charge in [0.25, 0.3) is 5.69 Å². The molecule has 0 saturated carbocycles. The molecule has 2 aromatic carbocycles. The third-order valence-electron chi connectivity index (χ3n) is 3.22. The van der Waals surface area contributed by atoms with Crippen LogP contribution in [0.5, 0.6) is 5.75 Å². The molecule has 0 fully saturated rings. The van der Waals surface area contributed by atoms with Crippen molar-refractivity contribution in [1.82, 2.24) is 0 Å². The van der Waals surface area contributed by atoms with Crippen LogP contribution in [0.2, 0.25) is 0 Å². The summed E-state index contributed by atoms with van der Waals surface area (Å²) in [5, 5.41) is 11.1. The number of nitro benzene ring substituents is 1. The van der Waals surface area contributed by atoms with Crippen molar-refractivity contribution in [3.05, 3.63) is 53.4 Å². The zero-order valence-electron chi connectivity index (χ0n) is 12.4. The molecular weight excluding hydrogens is 514 g/mol. The number of rotatable bonds is 4. The standard InChI is InChI=1S/C15H10Br3NO5/c1-23-14-11(17)6-10(16)12(13(14)18)9-5-7(19(21)22)3-4-8(9)15(20)24-2/h3-6H,1-2H3. The van der Waals surface area contributed by atoms with E-state index >= 15 is 0 Å². The van der Waals surface area contributed by atoms with E-state index < -0.39 is 10.9 Å². The van der Waals surface area contributed by atoms with Crippen LogP contribution in [0.3, 0.4) is 0 Å². The molecule has 0 bridgehead atoms. The first-order valence-electron chi connectivity index (χ1n) is 6.40. The first-order valence-corrected chi connectivity index (χ1v) is 8.78. The molecule has 0 radical (unpaired) electrons. The number of carbonyl (C=O) groups excluding carboxylic acids is 1. The quantitative estimate of drug-likeness (QED) is 0.307. The van der Waals surface area contributed by atoms with E-state index in [-0.39, 0.29) is 11.3 Å². The smallest absolute Gasteiger partial charge is 0.338 e. The van der Waals surface area contributed by atoms with Crippen LogP contribution >= 0.6 is 47.8 Å². The average molecular weight is 524 g/mol. The zero-order chi connectivity index (χ0) is 18.0. The van der Waals surface area contributed by atoms with Gasteiger partial charge in [0.15, 0.2) is 0 Å². The normalized spacial score (nSPS) is 10.4. The molecule has 0 aliphatic rings. The molecule has 0 heterocycles. The van der Waals surface area contributed by atoms with Crippen LogP contribution in [0.15, 0.2) is 37.7 Å². The molecule has 0 N–H and O–H groups in total. The van der Waals surface area contributed by atoms with E-state index in [0.717, 1.165) is 0 Å². The molecule has 0 saturated heterocycles. The van der Waals surface area contributed by atoms with Gasteiger partial charge in [-0.05, 0) is 44.0 Å². The lowest BCUT2D eigenvalue weighted by Gasteiger charge is -2.15. The maximum atomic E-state index is 12.1. The fourth-order valence-corrected chi connectivity index (χ4v) is 5.02. The van der Waals surface area contributed by atoms with Crippen molar-refractivity contribution in [1.29, 1.82) is 0 Å². The lowest BCUT2D eigenvalue weighted by atomic mass is 9.98. The molecule has 0 atom stereocenters. The molecule has 0 unspecified atom stereocenters. The Kier molecular flexibility index (Phi) is 6.00. The zero-order valence-corrected chi connectivity index (χ0v) is 17.2. The van der Waals surface area contributed by atoms with Crippen molar-refractivity contribution in [3.63, 3.8) is 0 Å². The van der Waals surface area contributed by atoms with E-state index in [2.05, 4.69) is 47.8 Å². The van der Waals surface area contributed by atoms with Crippen LogP contribution in [0.4, 0.5) is 5.69 Å². The topological polar surface area (TPSA) is 78.7 Å². The Bertz CT molecular complexity index is 838. The minimum Gasteiger partial charge on any atom is -0.494 e. The van der Waals surface area contributed by atoms with E-state index in [9.17, 15) is 14.9 Å². The van der Waals surface area contributed by atoms with Gasteiger partial charge in [-0.2, -0.15) is 0 Å². The number of benzene rings is 2. The average Bonchev–Trinajstić information content (AvgIpc) is 2.53. The van der Waals surface area contributed by atoms with E-state index in [1.165, 1.54) is 32.4 Å². The molecule has 0 spiro atoms. The number of ether oxygens (including phenoxy) is 2. The fraction of sp³-hybridized carbons (Fsp3) is 0.133. The second-order valence-corrected chi connectivity index (χ2v) is 7.04. The second kappa shape index (κ2) is 7.62. The summed E-state index contributed by atoms with van der Waals surface area (Å²) in [6.07, 6.45) is 0. The molecule has 0 aromatic heterocycles. The summed E-state index contributed by atoms with van der Waals surface area (Å²) in [5.41, 5.74) is 0.951. The predicted molar refractivity (Wildman–Crippen MR) is 99.5 cm³/mol. The Morgan fingerprint density at radius 1 is 1.12 bits per heavy atom. The van der Waals surface area contributed by atoms with Crippen LogP contribution in [0.1, 0.15) is 10.4 Å². The van der Waals surface area contributed by atoms with Gasteiger partial charge in [-0.3, -0.25) is 10.1 Å². The molecule has 24 heavy (non-hydrogen) atoms. The van der Waals surface area contributed by atoms with Gasteiger partial charge in [-0.1, -0.05) is 15.9 Å². The van der Waals surface area contributed by atoms with Gasteiger partial charge < -0.3 is 9.47 Å². The predicted octanol–water partition coefficient (Wildman–Crippen LogP) is 5.34. The Hall–Kier alpha value is -1.45. The van der Waals surface area contributed by atoms with Crippen molar-refractivity contribution >= 4 is 59.4 Å². The van der Waals surface area contributed by atoms with Crippen molar-refractivity contribution < 1.29 is 19.2 Å². The number of esters is 1. The molecule has 2 rings (SSSR count). The third-order valence-corrected chi connectivity index (χ3v) is 5.19. The maximum absolute atomic E-state index is 12.1. The molecule has 2 aromatic rings. The van der Waals surface area contributed by atoms with E-state index in [1.54, 1.807) is 6.07 Å². The molecule has 6 nitrogen and oxygen atoms in total. The Labute approximate surface area is 162 Å². The monoisotopic (exact) mass is 521 g/mol. The van der Waals surface area contributed by atoms with Crippen LogP contribution < -0.4 is 4.74 Å². The number of hydrogen-bond acceptors (Lipinski definition) is 5. The van der Waals surface area contributed by atoms with Crippen molar-refractivity contribution in [2.45, 2.75) is 0 Å². The number of methoxy groups -OCH3 is 2. The minimum absolute atomic E-state index is 0.140. The molecule has 0 aliphatic carbocycles. The highest BCUT2D eigenvalue weighted by Gasteiger charge is 2.24. The van der Waals surface area contributed by atoms with E-state index in [1.807, 2.05) is 0 Å². The SMILES string of the molecule is COC(=O)c1ccc([N+](=O)[O-])cc1-c1c(Br)cc(Br)c(OC)c1Br. The van der Waals surface area contributed by atoms with Crippen LogP contribution in [0, 0.1) is 10.1 Å². The molecule has 9 heteroatoms. The number of hydrogen-bond donors (Lipinski definition) is 0. The highest BCUT2D eigenvalue weighted by Crippen LogP contribution is 2.46. The number of carbonyl (C=O) groups is 1. The highest BCUT2D eigenvalue weighted by atomic mass is 79.9. The summed E-state index contributed by atoms with van der Waals surface area (Å²) in [4.78, 5) is 22.7. The second-order valence-electron chi connectivity index (χ2n) is 4.54. The number of halogens is 3. The van der Waals surface area contributed by atoms with E-state index in [4.69, 9.17) is 9.47 Å². The summed E-state index contributed by atoms with van der Waals surface area (Å²) in [6, 6.07) is 5.68. The van der Waals surface area contributed by atoms with Gasteiger partial charge in [0.05, 0.1) is 33.7 Å². The van der Waals surface area contributed by atoms with Gasteiger partial charge >= 0.3 is 5.97 Å². The first-order chi connectivity index (χ1) is 11.3. The summed E-state index contributed by atoms with van der Waals surface area (Å²) in [5.74, 6) is -0.101. The Morgan fingerprint density at radius 3 is 2.33 bits per heavy atom.